The van der Waals surface area contributed by atoms with Gasteiger partial charge in [-0.3, -0.25) is 0 Å². The molecular weight excluding hydrogens is 214 g/mol. The molecule has 0 spiro atoms. The van der Waals surface area contributed by atoms with E-state index in [1.807, 2.05) is 13.8 Å². The third-order valence-electron chi connectivity index (χ3n) is 2.36. The van der Waals surface area contributed by atoms with Gasteiger partial charge in [0.2, 0.25) is 0 Å². The number of nitrogens with zero attached hydrogens (tertiary/aromatic N) is 2. The molecule has 0 unspecified atom stereocenters. The molecule has 0 radical (unpaired) electrons. The normalized spacial score (nSPS) is 10.8. The number of hydrogen-bond donors (Lipinski definition) is 1. The fraction of sp³-hybridized carbons (Fsp3) is 0.385. The molecule has 4 nitrogen and oxygen atoms in total. The Balaban J connectivity index is 2.03. The fourth-order valence-electron chi connectivity index (χ4n) is 1.52. The maximum atomic E-state index is 5.10. The lowest BCUT2D eigenvalue weighted by molar-refractivity contribution is 0.421. The zero-order chi connectivity index (χ0) is 12.3. The minimum atomic E-state index is 0.294. The molecule has 1 N–H and O–H groups in total. The third kappa shape index (κ3) is 3.31. The highest BCUT2D eigenvalue weighted by molar-refractivity contribution is 5.25. The summed E-state index contributed by atoms with van der Waals surface area (Å²) in [6.07, 6.45) is 0.698. The second-order valence-electron chi connectivity index (χ2n) is 4.48. The van der Waals surface area contributed by atoms with Crippen LogP contribution in [0.3, 0.4) is 0 Å². The quantitative estimate of drug-likeness (QED) is 0.879. The topological polar surface area (TPSA) is 51.0 Å². The van der Waals surface area contributed by atoms with Crippen molar-refractivity contribution in [2.24, 2.45) is 0 Å². The van der Waals surface area contributed by atoms with Crippen LogP contribution in [-0.2, 0) is 6.42 Å². The first kappa shape index (κ1) is 11.6. The summed E-state index contributed by atoms with van der Waals surface area (Å²) in [5.41, 5.74) is 2.44. The maximum Gasteiger partial charge on any atom is 0.321 e. The number of rotatable bonds is 4. The third-order valence-corrected chi connectivity index (χ3v) is 2.36. The van der Waals surface area contributed by atoms with Crippen LogP contribution >= 0.6 is 0 Å². The second kappa shape index (κ2) is 4.99. The fourth-order valence-corrected chi connectivity index (χ4v) is 1.52. The lowest BCUT2D eigenvalue weighted by Crippen LogP contribution is -2.09. The van der Waals surface area contributed by atoms with Crippen LogP contribution < -0.4 is 5.32 Å². The average Bonchev–Trinajstić information content (AvgIpc) is 2.68. The monoisotopic (exact) mass is 231 g/mol. The van der Waals surface area contributed by atoms with Gasteiger partial charge in [0.1, 0.15) is 0 Å². The molecule has 0 saturated carbocycles. The van der Waals surface area contributed by atoms with E-state index in [0.29, 0.717) is 24.3 Å². The molecule has 0 fully saturated rings. The maximum absolute atomic E-state index is 5.10. The van der Waals surface area contributed by atoms with E-state index in [2.05, 4.69) is 46.6 Å². The van der Waals surface area contributed by atoms with Crippen molar-refractivity contribution in [1.82, 2.24) is 10.1 Å². The van der Waals surface area contributed by atoms with Crippen LogP contribution in [0.2, 0.25) is 0 Å². The average molecular weight is 231 g/mol. The summed E-state index contributed by atoms with van der Waals surface area (Å²) in [6.45, 7) is 6.14. The highest BCUT2D eigenvalue weighted by atomic mass is 16.5. The number of nitrogens with one attached hydrogen (secondary N) is 1. The van der Waals surface area contributed by atoms with E-state index in [1.165, 1.54) is 11.1 Å². The molecule has 2 aromatic rings. The van der Waals surface area contributed by atoms with Gasteiger partial charge < -0.3 is 9.84 Å². The molecule has 90 valence electrons. The van der Waals surface area contributed by atoms with Gasteiger partial charge in [0.25, 0.3) is 0 Å². The van der Waals surface area contributed by atoms with Crippen molar-refractivity contribution in [2.45, 2.75) is 33.2 Å². The first-order valence-corrected chi connectivity index (χ1v) is 5.78. The lowest BCUT2D eigenvalue weighted by atomic mass is 10.1. The largest absolute Gasteiger partial charge is 0.336 e. The Morgan fingerprint density at radius 1 is 1.24 bits per heavy atom. The van der Waals surface area contributed by atoms with Crippen molar-refractivity contribution >= 4 is 6.01 Å². The molecule has 0 aliphatic rings. The van der Waals surface area contributed by atoms with Crippen LogP contribution in [0.4, 0.5) is 6.01 Å². The zero-order valence-electron chi connectivity index (χ0n) is 10.4. The van der Waals surface area contributed by atoms with E-state index in [0.717, 1.165) is 0 Å². The van der Waals surface area contributed by atoms with Crippen LogP contribution in [0.25, 0.3) is 0 Å². The Kier molecular flexibility index (Phi) is 3.42. The van der Waals surface area contributed by atoms with Crippen molar-refractivity contribution in [3.8, 4) is 0 Å². The second-order valence-corrected chi connectivity index (χ2v) is 4.48. The molecule has 0 aliphatic carbocycles. The first-order chi connectivity index (χ1) is 8.13. The Morgan fingerprint density at radius 2 is 1.94 bits per heavy atom. The van der Waals surface area contributed by atoms with E-state index in [1.54, 1.807) is 0 Å². The summed E-state index contributed by atoms with van der Waals surface area (Å²) < 4.78 is 5.10. The highest BCUT2D eigenvalue weighted by Crippen LogP contribution is 2.11. The summed E-state index contributed by atoms with van der Waals surface area (Å²) >= 11 is 0. The van der Waals surface area contributed by atoms with Gasteiger partial charge in [-0.25, -0.2) is 0 Å². The predicted molar refractivity (Wildman–Crippen MR) is 67.0 cm³/mol. The SMILES string of the molecule is Cc1ccc(Cc2noc(NC(C)C)n2)cc1. The van der Waals surface area contributed by atoms with Gasteiger partial charge in [-0.2, -0.15) is 4.98 Å². The van der Waals surface area contributed by atoms with Crippen LogP contribution in [0.1, 0.15) is 30.8 Å². The molecule has 17 heavy (non-hydrogen) atoms. The van der Waals surface area contributed by atoms with Gasteiger partial charge in [0.05, 0.1) is 0 Å². The van der Waals surface area contributed by atoms with Crippen molar-refractivity contribution < 1.29 is 4.52 Å². The zero-order valence-corrected chi connectivity index (χ0v) is 10.4. The van der Waals surface area contributed by atoms with Crippen molar-refractivity contribution in [2.75, 3.05) is 5.32 Å². The molecule has 1 aromatic heterocycles. The molecule has 0 atom stereocenters. The Labute approximate surface area is 101 Å². The molecule has 0 aliphatic heterocycles. The summed E-state index contributed by atoms with van der Waals surface area (Å²) in [7, 11) is 0. The molecule has 0 saturated heterocycles. The number of aryl methyl sites for hydroxylation is 1. The van der Waals surface area contributed by atoms with Gasteiger partial charge in [0, 0.05) is 12.5 Å². The standard InChI is InChI=1S/C13H17N3O/c1-9(2)14-13-15-12(16-17-13)8-11-6-4-10(3)5-7-11/h4-7,9H,8H2,1-3H3,(H,14,15,16). The lowest BCUT2D eigenvalue weighted by Gasteiger charge is -2.01. The van der Waals surface area contributed by atoms with E-state index in [-0.39, 0.29) is 0 Å². The van der Waals surface area contributed by atoms with Crippen LogP contribution in [0, 0.1) is 6.92 Å². The molecule has 1 heterocycles. The van der Waals surface area contributed by atoms with E-state index >= 15 is 0 Å². The van der Waals surface area contributed by atoms with Gasteiger partial charge in [-0.1, -0.05) is 35.0 Å². The minimum absolute atomic E-state index is 0.294. The molecule has 0 bridgehead atoms. The van der Waals surface area contributed by atoms with Crippen molar-refractivity contribution in [3.05, 3.63) is 41.2 Å². The van der Waals surface area contributed by atoms with Crippen molar-refractivity contribution in [3.63, 3.8) is 0 Å². The summed E-state index contributed by atoms with van der Waals surface area (Å²) in [6, 6.07) is 9.12. The van der Waals surface area contributed by atoms with Crippen LogP contribution in [0.15, 0.2) is 28.8 Å². The van der Waals surface area contributed by atoms with Gasteiger partial charge in [0.15, 0.2) is 5.82 Å². The predicted octanol–water partition coefficient (Wildman–Crippen LogP) is 2.79. The van der Waals surface area contributed by atoms with Gasteiger partial charge in [-0.05, 0) is 26.3 Å². The summed E-state index contributed by atoms with van der Waals surface area (Å²) in [4.78, 5) is 4.28. The summed E-state index contributed by atoms with van der Waals surface area (Å²) in [5, 5.41) is 7.02. The van der Waals surface area contributed by atoms with Crippen LogP contribution in [-0.4, -0.2) is 16.2 Å². The first-order valence-electron chi connectivity index (χ1n) is 5.78. The Hall–Kier alpha value is -1.84. The Bertz CT molecular complexity index is 474. The smallest absolute Gasteiger partial charge is 0.321 e. The van der Waals surface area contributed by atoms with E-state index in [9.17, 15) is 0 Å². The molecule has 1 aromatic carbocycles. The molecular formula is C13H17N3O. The number of anilines is 1. The van der Waals surface area contributed by atoms with Gasteiger partial charge in [-0.15, -0.1) is 0 Å². The van der Waals surface area contributed by atoms with Crippen molar-refractivity contribution in [1.29, 1.82) is 0 Å². The Morgan fingerprint density at radius 3 is 2.59 bits per heavy atom. The highest BCUT2D eigenvalue weighted by Gasteiger charge is 2.07. The number of benzene rings is 1. The molecule has 0 amide bonds. The minimum Gasteiger partial charge on any atom is -0.336 e. The van der Waals surface area contributed by atoms with E-state index in [4.69, 9.17) is 4.52 Å². The molecule has 4 heteroatoms. The number of aromatic nitrogens is 2. The van der Waals surface area contributed by atoms with E-state index < -0.39 is 0 Å². The van der Waals surface area contributed by atoms with Crippen LogP contribution in [0.5, 0.6) is 0 Å². The van der Waals surface area contributed by atoms with Gasteiger partial charge >= 0.3 is 6.01 Å². The summed E-state index contributed by atoms with van der Waals surface area (Å²) in [5.74, 6) is 0.706. The number of hydrogen-bond acceptors (Lipinski definition) is 4. The molecule has 2 rings (SSSR count).